The Labute approximate surface area is 130 Å². The van der Waals surface area contributed by atoms with Crippen LogP contribution in [-0.4, -0.2) is 20.8 Å². The van der Waals surface area contributed by atoms with Crippen molar-refractivity contribution in [3.63, 3.8) is 0 Å². The zero-order valence-corrected chi connectivity index (χ0v) is 13.1. The highest BCUT2D eigenvalue weighted by Gasteiger charge is 2.06. The normalized spacial score (nSPS) is 10.6. The molecule has 0 aromatic heterocycles. The highest BCUT2D eigenvalue weighted by atomic mass is 35.5. The van der Waals surface area contributed by atoms with Crippen LogP contribution in [0.25, 0.3) is 0 Å². The summed E-state index contributed by atoms with van der Waals surface area (Å²) in [5, 5.41) is 3.79. The van der Waals surface area contributed by atoms with Crippen LogP contribution >= 0.6 is 11.6 Å². The molecule has 0 saturated heterocycles. The molecule has 4 heteroatoms. The van der Waals surface area contributed by atoms with Gasteiger partial charge in [0.05, 0.1) is 6.61 Å². The van der Waals surface area contributed by atoms with E-state index in [0.717, 1.165) is 36.6 Å². The Morgan fingerprint density at radius 1 is 1.10 bits per heavy atom. The third-order valence-electron chi connectivity index (χ3n) is 3.14. The highest BCUT2D eigenvalue weighted by molar-refractivity contribution is 6.30. The Kier molecular flexibility index (Phi) is 6.05. The second-order valence-electron chi connectivity index (χ2n) is 4.77. The van der Waals surface area contributed by atoms with Crippen molar-refractivity contribution in [2.75, 3.05) is 20.8 Å². The van der Waals surface area contributed by atoms with E-state index in [1.54, 1.807) is 7.11 Å². The number of rotatable bonds is 7. The molecule has 0 atom stereocenters. The molecule has 0 aliphatic heterocycles. The maximum atomic E-state index is 6.05. The van der Waals surface area contributed by atoms with Crippen LogP contribution in [0.1, 0.15) is 11.1 Å². The lowest BCUT2D eigenvalue weighted by Crippen LogP contribution is -2.06. The maximum Gasteiger partial charge on any atom is 0.133 e. The molecule has 0 spiro atoms. The quantitative estimate of drug-likeness (QED) is 0.837. The summed E-state index contributed by atoms with van der Waals surface area (Å²) in [5.41, 5.74) is 2.30. The third-order valence-corrected chi connectivity index (χ3v) is 3.38. The van der Waals surface area contributed by atoms with Crippen molar-refractivity contribution < 1.29 is 9.47 Å². The summed E-state index contributed by atoms with van der Waals surface area (Å²) in [6.07, 6.45) is 0.902. The molecule has 0 aliphatic rings. The van der Waals surface area contributed by atoms with E-state index in [-0.39, 0.29) is 0 Å². The molecule has 0 fully saturated rings. The lowest BCUT2D eigenvalue weighted by atomic mass is 10.1. The number of ether oxygens (including phenoxy) is 2. The van der Waals surface area contributed by atoms with Gasteiger partial charge in [-0.3, -0.25) is 0 Å². The predicted molar refractivity (Wildman–Crippen MR) is 86.3 cm³/mol. The fourth-order valence-corrected chi connectivity index (χ4v) is 2.19. The Bertz CT molecular complexity index is 570. The van der Waals surface area contributed by atoms with Gasteiger partial charge in [-0.15, -0.1) is 0 Å². The SMILES string of the molecule is CNCc1ccc(Cl)cc1Oc1ccc(CCOC)cc1. The van der Waals surface area contributed by atoms with Gasteiger partial charge in [0.1, 0.15) is 11.5 Å². The fraction of sp³-hybridized carbons (Fsp3) is 0.294. The number of benzene rings is 2. The first-order valence-electron chi connectivity index (χ1n) is 6.91. The van der Waals surface area contributed by atoms with E-state index in [4.69, 9.17) is 21.1 Å². The summed E-state index contributed by atoms with van der Waals surface area (Å²) >= 11 is 6.05. The van der Waals surface area contributed by atoms with E-state index < -0.39 is 0 Å². The Morgan fingerprint density at radius 2 is 1.86 bits per heavy atom. The minimum Gasteiger partial charge on any atom is -0.457 e. The second-order valence-corrected chi connectivity index (χ2v) is 5.21. The lowest BCUT2D eigenvalue weighted by Gasteiger charge is -2.12. The Morgan fingerprint density at radius 3 is 2.52 bits per heavy atom. The summed E-state index contributed by atoms with van der Waals surface area (Å²) in [5.74, 6) is 1.58. The molecule has 3 nitrogen and oxygen atoms in total. The van der Waals surface area contributed by atoms with E-state index in [1.807, 2.05) is 37.4 Å². The molecule has 0 aliphatic carbocycles. The molecule has 2 rings (SSSR count). The van der Waals surface area contributed by atoms with E-state index in [1.165, 1.54) is 5.56 Å². The monoisotopic (exact) mass is 305 g/mol. The van der Waals surface area contributed by atoms with Crippen LogP contribution in [0.3, 0.4) is 0 Å². The van der Waals surface area contributed by atoms with Gasteiger partial charge in [0.15, 0.2) is 0 Å². The standard InChI is InChI=1S/C17H20ClNO2/c1-19-12-14-5-6-15(18)11-17(14)21-16-7-3-13(4-8-16)9-10-20-2/h3-8,11,19H,9-10,12H2,1-2H3. The van der Waals surface area contributed by atoms with E-state index >= 15 is 0 Å². The topological polar surface area (TPSA) is 30.5 Å². The number of hydrogen-bond acceptors (Lipinski definition) is 3. The summed E-state index contributed by atoms with van der Waals surface area (Å²) in [7, 11) is 3.61. The van der Waals surface area contributed by atoms with Crippen molar-refractivity contribution in [2.24, 2.45) is 0 Å². The molecular formula is C17H20ClNO2. The average Bonchev–Trinajstić information content (AvgIpc) is 2.49. The molecule has 0 radical (unpaired) electrons. The van der Waals surface area contributed by atoms with E-state index in [2.05, 4.69) is 17.4 Å². The molecule has 0 saturated carbocycles. The zero-order chi connectivity index (χ0) is 15.1. The summed E-state index contributed by atoms with van der Waals surface area (Å²) in [6.45, 7) is 1.46. The zero-order valence-electron chi connectivity index (χ0n) is 12.4. The van der Waals surface area contributed by atoms with Gasteiger partial charge in [0.25, 0.3) is 0 Å². The van der Waals surface area contributed by atoms with Crippen molar-refractivity contribution in [1.82, 2.24) is 5.32 Å². The van der Waals surface area contributed by atoms with Gasteiger partial charge < -0.3 is 14.8 Å². The van der Waals surface area contributed by atoms with Gasteiger partial charge >= 0.3 is 0 Å². The summed E-state index contributed by atoms with van der Waals surface area (Å²) < 4.78 is 11.0. The van der Waals surface area contributed by atoms with E-state index in [9.17, 15) is 0 Å². The van der Waals surface area contributed by atoms with Crippen LogP contribution in [0, 0.1) is 0 Å². The largest absolute Gasteiger partial charge is 0.457 e. The Hall–Kier alpha value is -1.55. The Balaban J connectivity index is 2.12. The van der Waals surface area contributed by atoms with Crippen molar-refractivity contribution in [3.8, 4) is 11.5 Å². The number of hydrogen-bond donors (Lipinski definition) is 1. The van der Waals surface area contributed by atoms with Crippen LogP contribution < -0.4 is 10.1 Å². The van der Waals surface area contributed by atoms with Crippen LogP contribution in [0.5, 0.6) is 11.5 Å². The van der Waals surface area contributed by atoms with Gasteiger partial charge in [-0.1, -0.05) is 29.8 Å². The minimum absolute atomic E-state index is 0.668. The molecular weight excluding hydrogens is 286 g/mol. The number of halogens is 1. The second kappa shape index (κ2) is 8.03. The summed E-state index contributed by atoms with van der Waals surface area (Å²) in [4.78, 5) is 0. The number of nitrogens with one attached hydrogen (secondary N) is 1. The van der Waals surface area contributed by atoms with Gasteiger partial charge in [0.2, 0.25) is 0 Å². The average molecular weight is 306 g/mol. The van der Waals surface area contributed by atoms with Crippen LogP contribution in [0.15, 0.2) is 42.5 Å². The third kappa shape index (κ3) is 4.74. The van der Waals surface area contributed by atoms with Crippen molar-refractivity contribution in [2.45, 2.75) is 13.0 Å². The molecule has 1 N–H and O–H groups in total. The van der Waals surface area contributed by atoms with Crippen LogP contribution in [-0.2, 0) is 17.7 Å². The molecule has 0 unspecified atom stereocenters. The van der Waals surface area contributed by atoms with Crippen LogP contribution in [0.4, 0.5) is 0 Å². The van der Waals surface area contributed by atoms with Crippen molar-refractivity contribution in [1.29, 1.82) is 0 Å². The molecule has 2 aromatic carbocycles. The number of methoxy groups -OCH3 is 1. The lowest BCUT2D eigenvalue weighted by molar-refractivity contribution is 0.202. The van der Waals surface area contributed by atoms with E-state index in [0.29, 0.717) is 5.02 Å². The van der Waals surface area contributed by atoms with Gasteiger partial charge in [-0.05, 0) is 43.3 Å². The smallest absolute Gasteiger partial charge is 0.133 e. The first-order valence-corrected chi connectivity index (χ1v) is 7.29. The van der Waals surface area contributed by atoms with Crippen LogP contribution in [0.2, 0.25) is 5.02 Å². The molecule has 2 aromatic rings. The summed E-state index contributed by atoms with van der Waals surface area (Å²) in [6, 6.07) is 13.7. The first-order chi connectivity index (χ1) is 10.2. The van der Waals surface area contributed by atoms with Gasteiger partial charge in [-0.25, -0.2) is 0 Å². The van der Waals surface area contributed by atoms with Crippen molar-refractivity contribution in [3.05, 3.63) is 58.6 Å². The molecule has 0 heterocycles. The minimum atomic E-state index is 0.668. The van der Waals surface area contributed by atoms with Crippen molar-refractivity contribution >= 4 is 11.6 Å². The molecule has 112 valence electrons. The first kappa shape index (κ1) is 15.8. The van der Waals surface area contributed by atoms with Gasteiger partial charge in [-0.2, -0.15) is 0 Å². The fourth-order valence-electron chi connectivity index (χ4n) is 2.03. The highest BCUT2D eigenvalue weighted by Crippen LogP contribution is 2.28. The predicted octanol–water partition coefficient (Wildman–Crippen LogP) is 4.04. The maximum absolute atomic E-state index is 6.05. The molecule has 0 bridgehead atoms. The molecule has 21 heavy (non-hydrogen) atoms. The molecule has 0 amide bonds. The van der Waals surface area contributed by atoms with Gasteiger partial charge in [0, 0.05) is 24.2 Å².